The molecule has 1 atom stereocenters. The smallest absolute Gasteiger partial charge is 0.311 e. The predicted molar refractivity (Wildman–Crippen MR) is 67.4 cm³/mol. The average Bonchev–Trinajstić information content (AvgIpc) is 2.36. The van der Waals surface area contributed by atoms with Crippen molar-refractivity contribution in [1.82, 2.24) is 4.98 Å². The van der Waals surface area contributed by atoms with Crippen molar-refractivity contribution >= 4 is 17.5 Å². The number of nitro groups is 1. The first-order chi connectivity index (χ1) is 8.97. The van der Waals surface area contributed by atoms with E-state index in [4.69, 9.17) is 9.84 Å². The summed E-state index contributed by atoms with van der Waals surface area (Å²) in [5.41, 5.74) is -0.218. The quantitative estimate of drug-likeness (QED) is 0.571. The molecule has 1 heterocycles. The molecule has 0 spiro atoms. The van der Waals surface area contributed by atoms with E-state index in [9.17, 15) is 14.9 Å². The Morgan fingerprint density at radius 1 is 1.63 bits per heavy atom. The van der Waals surface area contributed by atoms with E-state index in [-0.39, 0.29) is 23.8 Å². The van der Waals surface area contributed by atoms with Gasteiger partial charge in [0.1, 0.15) is 0 Å². The fraction of sp³-hybridized carbons (Fsp3) is 0.455. The molecule has 1 unspecified atom stereocenters. The van der Waals surface area contributed by atoms with Crippen LogP contribution in [0.2, 0.25) is 0 Å². The number of hydrogen-bond acceptors (Lipinski definition) is 6. The SMILES string of the molecule is CCC(CC(=O)O)Nc1nc(OC)ccc1[N+](=O)[O-]. The van der Waals surface area contributed by atoms with Crippen LogP contribution in [-0.2, 0) is 4.79 Å². The van der Waals surface area contributed by atoms with E-state index < -0.39 is 16.9 Å². The van der Waals surface area contributed by atoms with Crippen LogP contribution in [0, 0.1) is 10.1 Å². The summed E-state index contributed by atoms with van der Waals surface area (Å²) in [7, 11) is 1.40. The lowest BCUT2D eigenvalue weighted by Crippen LogP contribution is -2.23. The number of ether oxygens (including phenoxy) is 1. The van der Waals surface area contributed by atoms with Gasteiger partial charge in [0.2, 0.25) is 11.7 Å². The average molecular weight is 269 g/mol. The van der Waals surface area contributed by atoms with Crippen LogP contribution < -0.4 is 10.1 Å². The Bertz CT molecular complexity index is 477. The molecule has 0 aliphatic heterocycles. The minimum Gasteiger partial charge on any atom is -0.481 e. The first-order valence-corrected chi connectivity index (χ1v) is 5.65. The number of nitrogens with one attached hydrogen (secondary N) is 1. The van der Waals surface area contributed by atoms with Crippen LogP contribution in [0.5, 0.6) is 5.88 Å². The lowest BCUT2D eigenvalue weighted by molar-refractivity contribution is -0.384. The molecule has 1 rings (SSSR count). The van der Waals surface area contributed by atoms with Crippen molar-refractivity contribution in [3.8, 4) is 5.88 Å². The Kier molecular flexibility index (Phi) is 5.04. The Labute approximate surface area is 109 Å². The number of methoxy groups -OCH3 is 1. The van der Waals surface area contributed by atoms with E-state index in [2.05, 4.69) is 10.3 Å². The van der Waals surface area contributed by atoms with Gasteiger partial charge in [-0.25, -0.2) is 0 Å². The Hall–Kier alpha value is -2.38. The molecule has 0 amide bonds. The van der Waals surface area contributed by atoms with Gasteiger partial charge in [0.25, 0.3) is 0 Å². The zero-order valence-corrected chi connectivity index (χ0v) is 10.6. The molecule has 0 radical (unpaired) electrons. The van der Waals surface area contributed by atoms with Gasteiger partial charge < -0.3 is 15.2 Å². The topological polar surface area (TPSA) is 115 Å². The van der Waals surface area contributed by atoms with E-state index in [1.54, 1.807) is 6.92 Å². The van der Waals surface area contributed by atoms with Crippen molar-refractivity contribution in [2.75, 3.05) is 12.4 Å². The van der Waals surface area contributed by atoms with E-state index in [0.717, 1.165) is 0 Å². The van der Waals surface area contributed by atoms with Crippen molar-refractivity contribution < 1.29 is 19.6 Å². The Morgan fingerprint density at radius 3 is 2.79 bits per heavy atom. The Balaban J connectivity index is 3.01. The molecule has 2 N–H and O–H groups in total. The highest BCUT2D eigenvalue weighted by atomic mass is 16.6. The Morgan fingerprint density at radius 2 is 2.32 bits per heavy atom. The zero-order chi connectivity index (χ0) is 14.4. The monoisotopic (exact) mass is 269 g/mol. The number of nitrogens with zero attached hydrogens (tertiary/aromatic N) is 2. The number of carboxylic acids is 1. The summed E-state index contributed by atoms with van der Waals surface area (Å²) < 4.78 is 4.90. The second-order valence-corrected chi connectivity index (χ2v) is 3.83. The van der Waals surface area contributed by atoms with Gasteiger partial charge in [-0.1, -0.05) is 6.92 Å². The normalized spacial score (nSPS) is 11.7. The van der Waals surface area contributed by atoms with Gasteiger partial charge in [-0.2, -0.15) is 4.98 Å². The molecule has 0 saturated carbocycles. The van der Waals surface area contributed by atoms with Gasteiger partial charge in [-0.15, -0.1) is 0 Å². The molecular formula is C11H15N3O5. The van der Waals surface area contributed by atoms with E-state index in [1.165, 1.54) is 19.2 Å². The summed E-state index contributed by atoms with van der Waals surface area (Å²) in [4.78, 5) is 24.9. The van der Waals surface area contributed by atoms with Gasteiger partial charge in [0.05, 0.1) is 18.5 Å². The van der Waals surface area contributed by atoms with Gasteiger partial charge >= 0.3 is 11.7 Å². The van der Waals surface area contributed by atoms with Crippen LogP contribution in [0.15, 0.2) is 12.1 Å². The van der Waals surface area contributed by atoms with Gasteiger partial charge in [-0.05, 0) is 6.42 Å². The lowest BCUT2D eigenvalue weighted by Gasteiger charge is -2.15. The van der Waals surface area contributed by atoms with Crippen molar-refractivity contribution in [2.45, 2.75) is 25.8 Å². The summed E-state index contributed by atoms with van der Waals surface area (Å²) in [6, 6.07) is 2.21. The lowest BCUT2D eigenvalue weighted by atomic mass is 10.1. The predicted octanol–water partition coefficient (Wildman–Crippen LogP) is 1.66. The highest BCUT2D eigenvalue weighted by Crippen LogP contribution is 2.26. The molecule has 104 valence electrons. The van der Waals surface area contributed by atoms with Crippen LogP contribution in [0.4, 0.5) is 11.5 Å². The number of aliphatic carboxylic acids is 1. The number of rotatable bonds is 7. The molecule has 0 saturated heterocycles. The van der Waals surface area contributed by atoms with Crippen molar-refractivity contribution in [3.63, 3.8) is 0 Å². The largest absolute Gasteiger partial charge is 0.481 e. The second-order valence-electron chi connectivity index (χ2n) is 3.83. The molecule has 0 bridgehead atoms. The number of anilines is 1. The van der Waals surface area contributed by atoms with Gasteiger partial charge in [0.15, 0.2) is 0 Å². The zero-order valence-electron chi connectivity index (χ0n) is 10.6. The molecule has 0 fully saturated rings. The summed E-state index contributed by atoms with van der Waals surface area (Å²) in [6.45, 7) is 1.78. The second kappa shape index (κ2) is 6.53. The minimum absolute atomic E-state index is 0.0115. The van der Waals surface area contributed by atoms with Crippen LogP contribution in [-0.4, -0.2) is 34.1 Å². The third-order valence-corrected chi connectivity index (χ3v) is 2.51. The van der Waals surface area contributed by atoms with Crippen LogP contribution in [0.3, 0.4) is 0 Å². The van der Waals surface area contributed by atoms with Crippen LogP contribution in [0.1, 0.15) is 19.8 Å². The molecule has 0 aromatic carbocycles. The molecule has 1 aromatic heterocycles. The number of hydrogen-bond donors (Lipinski definition) is 2. The first kappa shape index (κ1) is 14.7. The van der Waals surface area contributed by atoms with Gasteiger partial charge in [0, 0.05) is 18.2 Å². The summed E-state index contributed by atoms with van der Waals surface area (Å²) >= 11 is 0. The first-order valence-electron chi connectivity index (χ1n) is 5.65. The van der Waals surface area contributed by atoms with Crippen molar-refractivity contribution in [2.24, 2.45) is 0 Å². The maximum Gasteiger partial charge on any atom is 0.311 e. The fourth-order valence-electron chi connectivity index (χ4n) is 1.50. The highest BCUT2D eigenvalue weighted by Gasteiger charge is 2.20. The van der Waals surface area contributed by atoms with E-state index >= 15 is 0 Å². The standard InChI is InChI=1S/C11H15N3O5/c1-3-7(6-10(15)16)12-11-8(14(17)18)4-5-9(13-11)19-2/h4-5,7H,3,6H2,1-2H3,(H,12,13)(H,15,16). The van der Waals surface area contributed by atoms with E-state index in [1.807, 2.05) is 0 Å². The molecule has 19 heavy (non-hydrogen) atoms. The molecule has 8 nitrogen and oxygen atoms in total. The molecular weight excluding hydrogens is 254 g/mol. The molecule has 1 aromatic rings. The summed E-state index contributed by atoms with van der Waals surface area (Å²) in [5.74, 6) is -0.749. The number of pyridine rings is 1. The number of carbonyl (C=O) groups is 1. The number of aromatic nitrogens is 1. The summed E-state index contributed by atoms with van der Waals surface area (Å²) in [6.07, 6.45) is 0.356. The van der Waals surface area contributed by atoms with E-state index in [0.29, 0.717) is 6.42 Å². The molecule has 8 heteroatoms. The van der Waals surface area contributed by atoms with Crippen molar-refractivity contribution in [1.29, 1.82) is 0 Å². The minimum atomic E-state index is -0.982. The molecule has 0 aliphatic rings. The summed E-state index contributed by atoms with van der Waals surface area (Å²) in [5, 5.41) is 22.4. The van der Waals surface area contributed by atoms with Crippen LogP contribution in [0.25, 0.3) is 0 Å². The van der Waals surface area contributed by atoms with Crippen molar-refractivity contribution in [3.05, 3.63) is 22.2 Å². The highest BCUT2D eigenvalue weighted by molar-refractivity contribution is 5.68. The fourth-order valence-corrected chi connectivity index (χ4v) is 1.50. The number of carboxylic acid groups (broad SMARTS) is 1. The maximum atomic E-state index is 10.9. The maximum absolute atomic E-state index is 10.9. The van der Waals surface area contributed by atoms with Crippen LogP contribution >= 0.6 is 0 Å². The van der Waals surface area contributed by atoms with Gasteiger partial charge in [-0.3, -0.25) is 14.9 Å². The molecule has 0 aliphatic carbocycles. The third kappa shape index (κ3) is 4.09. The third-order valence-electron chi connectivity index (χ3n) is 2.51.